The van der Waals surface area contributed by atoms with E-state index < -0.39 is 11.9 Å². The number of aryl methyl sites for hydroxylation is 6. The normalized spacial score (nSPS) is 15.4. The van der Waals surface area contributed by atoms with Crippen molar-refractivity contribution in [2.24, 2.45) is 0 Å². The standard InChI is InChI=1S/C29H28O5/c1-15-8-17(3)27(18(4)9-15)24-12-21(23(33-24)14-26(30)32-7)22-13-25(34-29(22)31)28-19(5)10-16(2)11-20(28)6/h8-14H,1-7H3/b22-21+,23-14-. The second-order valence-electron chi connectivity index (χ2n) is 8.92. The van der Waals surface area contributed by atoms with E-state index >= 15 is 0 Å². The molecule has 0 N–H and O–H groups in total. The SMILES string of the molecule is COC(=O)/C=c1\oc(-c2c(C)cc(C)cc2C)c\c1=C1\C=C(c2c(C)cc(C)cc2C)OC1=O. The molecule has 5 nitrogen and oxygen atoms in total. The van der Waals surface area contributed by atoms with Gasteiger partial charge >= 0.3 is 11.9 Å². The highest BCUT2D eigenvalue weighted by Gasteiger charge is 2.26. The minimum Gasteiger partial charge on any atom is -0.466 e. The molecule has 0 radical (unpaired) electrons. The van der Waals surface area contributed by atoms with Crippen molar-refractivity contribution in [2.75, 3.05) is 7.11 Å². The molecule has 0 bridgehead atoms. The Morgan fingerprint density at radius 3 is 1.88 bits per heavy atom. The molecule has 1 aliphatic rings. The fourth-order valence-electron chi connectivity index (χ4n) is 4.83. The molecule has 0 saturated carbocycles. The summed E-state index contributed by atoms with van der Waals surface area (Å²) < 4.78 is 16.6. The molecule has 174 valence electrons. The molecule has 34 heavy (non-hydrogen) atoms. The van der Waals surface area contributed by atoms with Gasteiger partial charge in [-0.15, -0.1) is 0 Å². The van der Waals surface area contributed by atoms with Crippen LogP contribution in [0.25, 0.3) is 28.7 Å². The topological polar surface area (TPSA) is 65.7 Å². The summed E-state index contributed by atoms with van der Waals surface area (Å²) >= 11 is 0. The first kappa shape index (κ1) is 23.3. The molecule has 0 saturated heterocycles. The maximum atomic E-state index is 13.0. The van der Waals surface area contributed by atoms with Gasteiger partial charge in [0.25, 0.3) is 0 Å². The molecule has 1 aliphatic heterocycles. The van der Waals surface area contributed by atoms with Crippen molar-refractivity contribution >= 4 is 29.3 Å². The van der Waals surface area contributed by atoms with Gasteiger partial charge in [-0.25, -0.2) is 9.59 Å². The first-order valence-electron chi connectivity index (χ1n) is 11.1. The quantitative estimate of drug-likeness (QED) is 0.543. The number of benzene rings is 2. The largest absolute Gasteiger partial charge is 0.466 e. The Morgan fingerprint density at radius 1 is 0.824 bits per heavy atom. The molecule has 0 spiro atoms. The maximum absolute atomic E-state index is 13.0. The van der Waals surface area contributed by atoms with Crippen LogP contribution in [-0.4, -0.2) is 19.0 Å². The van der Waals surface area contributed by atoms with Crippen LogP contribution in [0.5, 0.6) is 0 Å². The van der Waals surface area contributed by atoms with Crippen molar-refractivity contribution in [3.05, 3.63) is 86.0 Å². The number of ether oxygens (including phenoxy) is 2. The van der Waals surface area contributed by atoms with Crippen LogP contribution in [-0.2, 0) is 19.1 Å². The molecule has 2 heterocycles. The molecule has 3 aromatic rings. The zero-order chi connectivity index (χ0) is 24.7. The smallest absolute Gasteiger partial charge is 0.344 e. The van der Waals surface area contributed by atoms with Crippen molar-refractivity contribution in [2.45, 2.75) is 41.5 Å². The highest BCUT2D eigenvalue weighted by atomic mass is 16.5. The molecular weight excluding hydrogens is 428 g/mol. The fraction of sp³-hybridized carbons (Fsp3) is 0.241. The van der Waals surface area contributed by atoms with Crippen LogP contribution in [0.1, 0.15) is 38.9 Å². The van der Waals surface area contributed by atoms with E-state index in [-0.39, 0.29) is 5.42 Å². The van der Waals surface area contributed by atoms with Gasteiger partial charge in [0.05, 0.1) is 18.8 Å². The number of hydrogen-bond acceptors (Lipinski definition) is 5. The lowest BCUT2D eigenvalue weighted by molar-refractivity contribution is -0.133. The van der Waals surface area contributed by atoms with Gasteiger partial charge in [0.2, 0.25) is 0 Å². The van der Waals surface area contributed by atoms with Crippen molar-refractivity contribution in [3.8, 4) is 11.3 Å². The van der Waals surface area contributed by atoms with Crippen molar-refractivity contribution in [1.29, 1.82) is 0 Å². The monoisotopic (exact) mass is 456 g/mol. The number of rotatable bonds is 3. The van der Waals surface area contributed by atoms with Gasteiger partial charge < -0.3 is 13.9 Å². The Labute approximate surface area is 199 Å². The zero-order valence-electron chi connectivity index (χ0n) is 20.6. The maximum Gasteiger partial charge on any atom is 0.344 e. The predicted octanol–water partition coefficient (Wildman–Crippen LogP) is 4.50. The van der Waals surface area contributed by atoms with Crippen LogP contribution in [0.3, 0.4) is 0 Å². The van der Waals surface area contributed by atoms with Gasteiger partial charge in [-0.05, 0) is 75.9 Å². The summed E-state index contributed by atoms with van der Waals surface area (Å²) in [6, 6.07) is 10.1. The van der Waals surface area contributed by atoms with Crippen LogP contribution in [0, 0.1) is 41.5 Å². The van der Waals surface area contributed by atoms with Gasteiger partial charge in [0, 0.05) is 16.3 Å². The lowest BCUT2D eigenvalue weighted by atomic mass is 9.97. The second-order valence-corrected chi connectivity index (χ2v) is 8.92. The average Bonchev–Trinajstić information content (AvgIpc) is 3.29. The third-order valence-electron chi connectivity index (χ3n) is 6.05. The third-order valence-corrected chi connectivity index (χ3v) is 6.05. The summed E-state index contributed by atoms with van der Waals surface area (Å²) in [5.41, 5.74) is 8.84. The van der Waals surface area contributed by atoms with E-state index in [9.17, 15) is 9.59 Å². The van der Waals surface area contributed by atoms with Crippen LogP contribution in [0.15, 0.2) is 40.8 Å². The molecular formula is C29H28O5. The Hall–Kier alpha value is -3.86. The Morgan fingerprint density at radius 2 is 1.35 bits per heavy atom. The molecule has 0 unspecified atom stereocenters. The van der Waals surface area contributed by atoms with Gasteiger partial charge in [0.15, 0.2) is 0 Å². The molecule has 0 fully saturated rings. The summed E-state index contributed by atoms with van der Waals surface area (Å²) in [7, 11) is 1.30. The number of cyclic esters (lactones) is 1. The summed E-state index contributed by atoms with van der Waals surface area (Å²) in [4.78, 5) is 25.1. The Bertz CT molecular complexity index is 1450. The number of hydrogen-bond donors (Lipinski definition) is 0. The van der Waals surface area contributed by atoms with Crippen LogP contribution < -0.4 is 10.6 Å². The Balaban J connectivity index is 2.00. The number of carbonyl (C=O) groups is 2. The molecule has 0 atom stereocenters. The third kappa shape index (κ3) is 4.21. The molecule has 0 aliphatic carbocycles. The summed E-state index contributed by atoms with van der Waals surface area (Å²) in [5.74, 6) is 0.00828. The van der Waals surface area contributed by atoms with E-state index in [0.29, 0.717) is 22.3 Å². The minimum atomic E-state index is -0.569. The molecule has 2 aromatic carbocycles. The zero-order valence-corrected chi connectivity index (χ0v) is 20.6. The molecule has 5 heteroatoms. The highest BCUT2D eigenvalue weighted by Crippen LogP contribution is 2.32. The first-order chi connectivity index (χ1) is 16.1. The van der Waals surface area contributed by atoms with Gasteiger partial charge in [-0.3, -0.25) is 0 Å². The second kappa shape index (κ2) is 8.82. The highest BCUT2D eigenvalue weighted by molar-refractivity contribution is 6.21. The minimum absolute atomic E-state index is 0.253. The number of carbonyl (C=O) groups excluding carboxylic acids is 2. The van der Waals surface area contributed by atoms with Gasteiger partial charge in [-0.2, -0.15) is 0 Å². The number of methoxy groups -OCH3 is 1. The molecule has 1 aromatic heterocycles. The lowest BCUT2D eigenvalue weighted by Gasteiger charge is -2.11. The Kier molecular flexibility index (Phi) is 6.05. The van der Waals surface area contributed by atoms with Crippen molar-refractivity contribution in [3.63, 3.8) is 0 Å². The number of furan rings is 1. The van der Waals surface area contributed by atoms with Crippen molar-refractivity contribution < 1.29 is 23.5 Å². The predicted molar refractivity (Wildman–Crippen MR) is 132 cm³/mol. The fourth-order valence-corrected chi connectivity index (χ4v) is 4.83. The molecule has 0 amide bonds. The first-order valence-corrected chi connectivity index (χ1v) is 11.1. The summed E-state index contributed by atoms with van der Waals surface area (Å²) in [6.07, 6.45) is 2.98. The van der Waals surface area contributed by atoms with Gasteiger partial charge in [-0.1, -0.05) is 35.4 Å². The summed E-state index contributed by atoms with van der Waals surface area (Å²) in [6.45, 7) is 12.1. The van der Waals surface area contributed by atoms with Crippen molar-refractivity contribution in [1.82, 2.24) is 0 Å². The van der Waals surface area contributed by atoms with E-state index in [0.717, 1.165) is 44.5 Å². The average molecular weight is 457 g/mol. The number of esters is 2. The molecule has 4 rings (SSSR count). The van der Waals surface area contributed by atoms with Crippen LogP contribution in [0.2, 0.25) is 0 Å². The van der Waals surface area contributed by atoms with Crippen LogP contribution in [0.4, 0.5) is 0 Å². The van der Waals surface area contributed by atoms with E-state index in [1.165, 1.54) is 13.2 Å². The van der Waals surface area contributed by atoms with E-state index in [1.807, 2.05) is 41.5 Å². The van der Waals surface area contributed by atoms with E-state index in [4.69, 9.17) is 13.9 Å². The van der Waals surface area contributed by atoms with E-state index in [2.05, 4.69) is 24.3 Å². The van der Waals surface area contributed by atoms with Crippen LogP contribution >= 0.6 is 0 Å². The summed E-state index contributed by atoms with van der Waals surface area (Å²) in [5, 5.41) is 0.488. The van der Waals surface area contributed by atoms with Gasteiger partial charge in [0.1, 0.15) is 16.9 Å². The lowest BCUT2D eigenvalue weighted by Crippen LogP contribution is -2.25. The van der Waals surface area contributed by atoms with E-state index in [1.54, 1.807) is 12.1 Å².